The maximum atomic E-state index is 7.95. The molecule has 4 nitrogen and oxygen atoms in total. The zero-order valence-corrected chi connectivity index (χ0v) is 54.7. The van der Waals surface area contributed by atoms with Gasteiger partial charge < -0.3 is 18.8 Å². The Hall–Kier alpha value is -7.24. The van der Waals surface area contributed by atoms with Gasteiger partial charge in [-0.1, -0.05) is 203 Å². The van der Waals surface area contributed by atoms with Gasteiger partial charge in [0, 0.05) is 44.5 Å². The van der Waals surface area contributed by atoms with Crippen molar-refractivity contribution < 1.29 is 4.42 Å². The van der Waals surface area contributed by atoms with Crippen molar-refractivity contribution in [2.75, 3.05) is 9.80 Å². The van der Waals surface area contributed by atoms with Crippen molar-refractivity contribution in [3.8, 4) is 16.8 Å². The summed E-state index contributed by atoms with van der Waals surface area (Å²) in [7, 11) is 0. The van der Waals surface area contributed by atoms with E-state index in [1.807, 2.05) is 0 Å². The third-order valence-electron chi connectivity index (χ3n) is 22.0. The summed E-state index contributed by atoms with van der Waals surface area (Å²) in [5.41, 5.74) is 28.8. The molecule has 0 amide bonds. The Bertz CT molecular complexity index is 4450. The Balaban J connectivity index is 1.15. The third-order valence-corrected chi connectivity index (χ3v) is 22.0. The summed E-state index contributed by atoms with van der Waals surface area (Å²) >= 11 is 0. The number of benzene rings is 8. The molecule has 1 saturated carbocycles. The Morgan fingerprint density at radius 3 is 1.50 bits per heavy atom. The highest BCUT2D eigenvalue weighted by Crippen LogP contribution is 2.62. The number of aromatic nitrogens is 1. The minimum absolute atomic E-state index is 0.0101. The van der Waals surface area contributed by atoms with Crippen LogP contribution in [0.2, 0.25) is 0 Å². The van der Waals surface area contributed by atoms with E-state index in [9.17, 15) is 0 Å². The van der Waals surface area contributed by atoms with E-state index in [0.29, 0.717) is 0 Å². The Kier molecular flexibility index (Phi) is 11.4. The molecule has 10 aromatic rings. The topological polar surface area (TPSA) is 24.6 Å². The van der Waals surface area contributed by atoms with E-state index in [2.05, 4.69) is 285 Å². The van der Waals surface area contributed by atoms with Gasteiger partial charge in [0.25, 0.3) is 6.71 Å². The molecule has 0 saturated heterocycles. The van der Waals surface area contributed by atoms with Crippen LogP contribution in [0, 0.1) is 0 Å². The molecular formula is C81H88BN3O. The molecule has 5 heteroatoms. The van der Waals surface area contributed by atoms with Gasteiger partial charge in [-0.15, -0.1) is 0 Å². The molecule has 0 radical (unpaired) electrons. The lowest BCUT2D eigenvalue weighted by molar-refractivity contribution is 0.332. The summed E-state index contributed by atoms with van der Waals surface area (Å²) in [6.07, 6.45) is 5.85. The SMILES string of the molecule is CC(C)(C)c1ccc(N2c3ccc(C(C)(C)C)cc3B3c4oc5cc6c(cc5c4N(c4cc5c(cc4-c4ccccc4)C(C)(C)CCC5(C)C)c4cc(-n5c7cc(C(C)(C)C)ccc7c7ccc(C(C)(C)C)cc75)cc2c43)C2(C)CCC6(C)C2)cc1. The average molecular weight is 1130 g/mol. The molecule has 0 spiro atoms. The fourth-order valence-electron chi connectivity index (χ4n) is 16.7. The molecule has 5 aliphatic rings. The van der Waals surface area contributed by atoms with Crippen LogP contribution in [-0.2, 0) is 43.3 Å². The van der Waals surface area contributed by atoms with Crippen LogP contribution in [0.15, 0.2) is 150 Å². The van der Waals surface area contributed by atoms with Gasteiger partial charge in [0.05, 0.1) is 33.8 Å². The minimum atomic E-state index is -0.223. The number of rotatable bonds is 4. The van der Waals surface area contributed by atoms with E-state index in [4.69, 9.17) is 4.42 Å². The number of fused-ring (bicyclic) bond motifs is 15. The van der Waals surface area contributed by atoms with Crippen molar-refractivity contribution in [3.63, 3.8) is 0 Å². The second kappa shape index (κ2) is 17.7. The predicted molar refractivity (Wildman–Crippen MR) is 369 cm³/mol. The second-order valence-electron chi connectivity index (χ2n) is 33.2. The Labute approximate surface area is 513 Å². The molecular weight excluding hydrogens is 1040 g/mol. The lowest BCUT2D eigenvalue weighted by atomic mass is 9.35. The van der Waals surface area contributed by atoms with Crippen LogP contribution >= 0.6 is 0 Å². The smallest absolute Gasteiger partial charge is 0.297 e. The summed E-state index contributed by atoms with van der Waals surface area (Å²) < 4.78 is 10.6. The second-order valence-corrected chi connectivity index (χ2v) is 33.2. The molecule has 2 aromatic heterocycles. The van der Waals surface area contributed by atoms with Gasteiger partial charge in [-0.2, -0.15) is 0 Å². The lowest BCUT2D eigenvalue weighted by Gasteiger charge is -2.45. The Morgan fingerprint density at radius 2 is 0.930 bits per heavy atom. The van der Waals surface area contributed by atoms with Crippen molar-refractivity contribution >= 4 is 90.2 Å². The van der Waals surface area contributed by atoms with Crippen molar-refractivity contribution in [3.05, 3.63) is 190 Å². The summed E-state index contributed by atoms with van der Waals surface area (Å²) in [4.78, 5) is 5.37. The van der Waals surface area contributed by atoms with Gasteiger partial charge in [0.2, 0.25) is 0 Å². The van der Waals surface area contributed by atoms with E-state index < -0.39 is 0 Å². The monoisotopic (exact) mass is 1130 g/mol. The summed E-state index contributed by atoms with van der Waals surface area (Å²) in [6.45, 7) is 43.0. The molecule has 0 N–H and O–H groups in total. The van der Waals surface area contributed by atoms with Crippen molar-refractivity contribution in [2.45, 2.75) is 200 Å². The van der Waals surface area contributed by atoms with Gasteiger partial charge in [-0.25, -0.2) is 0 Å². The van der Waals surface area contributed by atoms with E-state index in [1.165, 1.54) is 141 Å². The maximum absolute atomic E-state index is 7.95. The normalized spacial score (nSPS) is 20.2. The molecule has 4 heterocycles. The van der Waals surface area contributed by atoms with E-state index in [0.717, 1.165) is 35.5 Å². The molecule has 436 valence electrons. The first kappa shape index (κ1) is 55.4. The first-order valence-corrected chi connectivity index (χ1v) is 32.3. The number of hydrogen-bond acceptors (Lipinski definition) is 3. The predicted octanol–water partition coefficient (Wildman–Crippen LogP) is 20.5. The molecule has 1 fully saturated rings. The molecule has 2 unspecified atom stereocenters. The number of hydrogen-bond donors (Lipinski definition) is 0. The highest BCUT2D eigenvalue weighted by atomic mass is 16.3. The van der Waals surface area contributed by atoms with Crippen molar-refractivity contribution in [1.82, 2.24) is 4.57 Å². The largest absolute Gasteiger partial charge is 0.468 e. The zero-order chi connectivity index (χ0) is 60.5. The molecule has 2 aliphatic heterocycles. The maximum Gasteiger partial charge on any atom is 0.297 e. The first-order valence-electron chi connectivity index (χ1n) is 32.3. The molecule has 2 bridgehead atoms. The number of furan rings is 1. The highest BCUT2D eigenvalue weighted by Gasteiger charge is 2.55. The summed E-state index contributed by atoms with van der Waals surface area (Å²) in [5, 5.41) is 3.74. The molecule has 15 rings (SSSR count). The van der Waals surface area contributed by atoms with Crippen LogP contribution in [0.4, 0.5) is 34.1 Å². The van der Waals surface area contributed by atoms with Crippen LogP contribution in [0.5, 0.6) is 0 Å². The lowest BCUT2D eigenvalue weighted by Crippen LogP contribution is -2.61. The molecule has 2 atom stereocenters. The van der Waals surface area contributed by atoms with Gasteiger partial charge >= 0.3 is 0 Å². The van der Waals surface area contributed by atoms with E-state index in [1.54, 1.807) is 0 Å². The van der Waals surface area contributed by atoms with E-state index in [-0.39, 0.29) is 50.0 Å². The minimum Gasteiger partial charge on any atom is -0.468 e. The fraction of sp³-hybridized carbons (Fsp3) is 0.383. The first-order chi connectivity index (χ1) is 40.3. The fourth-order valence-corrected chi connectivity index (χ4v) is 16.7. The number of anilines is 6. The summed E-state index contributed by atoms with van der Waals surface area (Å²) in [5.74, 6) is 0. The van der Waals surface area contributed by atoms with Crippen LogP contribution < -0.4 is 26.4 Å². The standard InChI is InChI=1S/C81H88BN3O/c1-74(2,3)49-24-29-53(30-25-49)83-64-33-28-50(75(4,5)6)38-63(64)82-71-68(83)41-54(84-65-39-51(76(7,8)9)26-31-55(65)56-32-27-52(40-66(56)84)77(10,11)12)42-69(71)85(72-58-44-61-62(46-70(58)86-73(72)82)81(18)37-36-80(61,17)47-81)67-45-60-59(78(13,14)34-35-79(60,15)16)43-57(67)48-22-20-19-21-23-48/h19-33,38-46H,34-37,47H2,1-18H3. The average Bonchev–Trinajstić information content (AvgIpc) is 1.30. The number of nitrogens with zero attached hydrogens (tertiary/aromatic N) is 3. The summed E-state index contributed by atoms with van der Waals surface area (Å²) in [6, 6.07) is 58.4. The van der Waals surface area contributed by atoms with E-state index >= 15 is 0 Å². The van der Waals surface area contributed by atoms with Crippen molar-refractivity contribution in [2.24, 2.45) is 0 Å². The molecule has 8 aromatic carbocycles. The Morgan fingerprint density at radius 1 is 0.419 bits per heavy atom. The quantitative estimate of drug-likeness (QED) is 0.164. The van der Waals surface area contributed by atoms with Crippen LogP contribution in [0.3, 0.4) is 0 Å². The van der Waals surface area contributed by atoms with Gasteiger partial charge in [-0.05, 0) is 203 Å². The van der Waals surface area contributed by atoms with Gasteiger partial charge in [0.1, 0.15) is 5.58 Å². The van der Waals surface area contributed by atoms with Gasteiger partial charge in [-0.3, -0.25) is 0 Å². The third kappa shape index (κ3) is 8.06. The van der Waals surface area contributed by atoms with Crippen LogP contribution in [-0.4, -0.2) is 11.3 Å². The van der Waals surface area contributed by atoms with Crippen LogP contribution in [0.25, 0.3) is 49.6 Å². The van der Waals surface area contributed by atoms with Gasteiger partial charge in [0.15, 0.2) is 0 Å². The zero-order valence-electron chi connectivity index (χ0n) is 54.7. The molecule has 3 aliphatic carbocycles. The van der Waals surface area contributed by atoms with Crippen LogP contribution in [0.1, 0.15) is 201 Å². The molecule has 86 heavy (non-hydrogen) atoms. The highest BCUT2D eigenvalue weighted by molar-refractivity contribution is 7.00. The van der Waals surface area contributed by atoms with Crippen molar-refractivity contribution in [1.29, 1.82) is 0 Å².